The number of H-pyrrole nitrogens is 1. The fraction of sp³-hybridized carbons (Fsp3) is 0.100. The van der Waals surface area contributed by atoms with Gasteiger partial charge in [0.2, 0.25) is 0 Å². The van der Waals surface area contributed by atoms with E-state index in [-0.39, 0.29) is 0 Å². The molecule has 1 heterocycles. The molecule has 0 saturated carbocycles. The van der Waals surface area contributed by atoms with Gasteiger partial charge in [0.25, 0.3) is 0 Å². The fourth-order valence-corrected chi connectivity index (χ4v) is 1.54. The Balaban J connectivity index is 2.51. The molecule has 0 spiro atoms. The molecule has 0 aliphatic rings. The summed E-state index contributed by atoms with van der Waals surface area (Å²) in [5.41, 5.74) is 7.99. The zero-order valence-corrected chi connectivity index (χ0v) is 8.88. The molecule has 15 heavy (non-hydrogen) atoms. The second-order valence-electron chi connectivity index (χ2n) is 3.05. The van der Waals surface area contributed by atoms with Crippen molar-refractivity contribution in [2.45, 2.75) is 0 Å². The van der Waals surface area contributed by atoms with Gasteiger partial charge in [0.15, 0.2) is 0 Å². The lowest BCUT2D eigenvalue weighted by Gasteiger charge is -2.05. The number of methoxy groups -OCH3 is 1. The first-order valence-corrected chi connectivity index (χ1v) is 4.73. The number of rotatable bonds is 2. The first kappa shape index (κ1) is 9.86. The van der Waals surface area contributed by atoms with Crippen LogP contribution in [0.4, 0.5) is 5.69 Å². The maximum atomic E-state index is 5.92. The Hall–Kier alpha value is -1.68. The van der Waals surface area contributed by atoms with Gasteiger partial charge >= 0.3 is 0 Å². The number of nitrogens with two attached hydrogens (primary N) is 1. The van der Waals surface area contributed by atoms with Crippen molar-refractivity contribution < 1.29 is 4.74 Å². The maximum absolute atomic E-state index is 5.92. The summed E-state index contributed by atoms with van der Waals surface area (Å²) in [4.78, 5) is 0. The molecule has 4 nitrogen and oxygen atoms in total. The van der Waals surface area contributed by atoms with E-state index in [1.807, 2.05) is 12.1 Å². The van der Waals surface area contributed by atoms with Crippen molar-refractivity contribution in [1.82, 2.24) is 10.2 Å². The van der Waals surface area contributed by atoms with Crippen LogP contribution in [0.25, 0.3) is 11.3 Å². The second-order valence-corrected chi connectivity index (χ2v) is 3.46. The van der Waals surface area contributed by atoms with Gasteiger partial charge in [-0.2, -0.15) is 5.10 Å². The molecule has 3 N–H and O–H groups in total. The molecule has 1 aromatic carbocycles. The zero-order chi connectivity index (χ0) is 10.8. The maximum Gasteiger partial charge on any atom is 0.138 e. The molecular formula is C10H10ClN3O. The molecule has 0 atom stereocenters. The molecule has 1 aromatic heterocycles. The molecule has 78 valence electrons. The number of nitrogen functional groups attached to an aromatic ring is 1. The molecule has 0 amide bonds. The van der Waals surface area contributed by atoms with E-state index >= 15 is 0 Å². The standard InChI is InChI=1S/C10H10ClN3O/c1-15-9-4-6(2-3-7(9)11)10-8(12)5-13-14-10/h2-5H,12H2,1H3,(H,13,14). The Morgan fingerprint density at radius 1 is 1.47 bits per heavy atom. The van der Waals surface area contributed by atoms with Gasteiger partial charge < -0.3 is 10.5 Å². The van der Waals surface area contributed by atoms with Gasteiger partial charge in [-0.25, -0.2) is 0 Å². The minimum Gasteiger partial charge on any atom is -0.495 e. The van der Waals surface area contributed by atoms with E-state index in [1.165, 1.54) is 0 Å². The molecule has 0 aliphatic heterocycles. The number of aromatic nitrogens is 2. The van der Waals surface area contributed by atoms with Gasteiger partial charge in [-0.1, -0.05) is 17.7 Å². The molecule has 0 aliphatic carbocycles. The summed E-state index contributed by atoms with van der Waals surface area (Å²) in [6, 6.07) is 5.43. The first-order valence-electron chi connectivity index (χ1n) is 4.35. The predicted octanol–water partition coefficient (Wildman–Crippen LogP) is 2.32. The number of aromatic amines is 1. The van der Waals surface area contributed by atoms with E-state index in [0.29, 0.717) is 16.5 Å². The number of nitrogens with zero attached hydrogens (tertiary/aromatic N) is 1. The van der Waals surface area contributed by atoms with E-state index in [2.05, 4.69) is 10.2 Å². The summed E-state index contributed by atoms with van der Waals surface area (Å²) in [6.07, 6.45) is 1.57. The SMILES string of the molecule is COc1cc(-c2[nH]ncc2N)ccc1Cl. The third-order valence-electron chi connectivity index (χ3n) is 2.11. The molecule has 0 fully saturated rings. The summed E-state index contributed by atoms with van der Waals surface area (Å²) >= 11 is 5.92. The van der Waals surface area contributed by atoms with Crippen molar-refractivity contribution in [2.75, 3.05) is 12.8 Å². The third kappa shape index (κ3) is 1.76. The van der Waals surface area contributed by atoms with E-state index in [0.717, 1.165) is 11.3 Å². The molecule has 2 aromatic rings. The van der Waals surface area contributed by atoms with Crippen LogP contribution in [0.3, 0.4) is 0 Å². The zero-order valence-electron chi connectivity index (χ0n) is 8.12. The number of benzene rings is 1. The number of nitrogens with one attached hydrogen (secondary N) is 1. The van der Waals surface area contributed by atoms with Crippen molar-refractivity contribution in [3.8, 4) is 17.0 Å². The van der Waals surface area contributed by atoms with Crippen molar-refractivity contribution in [2.24, 2.45) is 0 Å². The molecule has 0 radical (unpaired) electrons. The third-order valence-corrected chi connectivity index (χ3v) is 2.42. The molecule has 0 saturated heterocycles. The number of ether oxygens (including phenoxy) is 1. The van der Waals surface area contributed by atoms with Gasteiger partial charge in [0.1, 0.15) is 5.75 Å². The molecule has 2 rings (SSSR count). The smallest absolute Gasteiger partial charge is 0.138 e. The monoisotopic (exact) mass is 223 g/mol. The van der Waals surface area contributed by atoms with Crippen LogP contribution in [-0.4, -0.2) is 17.3 Å². The number of hydrogen-bond donors (Lipinski definition) is 2. The minimum absolute atomic E-state index is 0.569. The van der Waals surface area contributed by atoms with Gasteiger partial charge in [0, 0.05) is 5.56 Å². The molecule has 5 heteroatoms. The van der Waals surface area contributed by atoms with Gasteiger partial charge in [-0.15, -0.1) is 0 Å². The lowest BCUT2D eigenvalue weighted by molar-refractivity contribution is 0.415. The highest BCUT2D eigenvalue weighted by atomic mass is 35.5. The summed E-state index contributed by atoms with van der Waals surface area (Å²) in [6.45, 7) is 0. The Labute approximate surface area is 92.0 Å². The molecule has 0 unspecified atom stereocenters. The number of hydrogen-bond acceptors (Lipinski definition) is 3. The fourth-order valence-electron chi connectivity index (χ4n) is 1.34. The topological polar surface area (TPSA) is 63.9 Å². The highest BCUT2D eigenvalue weighted by Crippen LogP contribution is 2.31. The van der Waals surface area contributed by atoms with Gasteiger partial charge in [0.05, 0.1) is 29.7 Å². The quantitative estimate of drug-likeness (QED) is 0.821. The van der Waals surface area contributed by atoms with Crippen molar-refractivity contribution in [1.29, 1.82) is 0 Å². The molecule has 0 bridgehead atoms. The van der Waals surface area contributed by atoms with Crippen LogP contribution < -0.4 is 10.5 Å². The van der Waals surface area contributed by atoms with E-state index in [9.17, 15) is 0 Å². The Kier molecular flexibility index (Phi) is 2.51. The van der Waals surface area contributed by atoms with Crippen LogP contribution in [0.1, 0.15) is 0 Å². The van der Waals surface area contributed by atoms with Crippen molar-refractivity contribution in [3.63, 3.8) is 0 Å². The van der Waals surface area contributed by atoms with Crippen LogP contribution >= 0.6 is 11.6 Å². The van der Waals surface area contributed by atoms with Gasteiger partial charge in [-0.3, -0.25) is 5.10 Å². The Morgan fingerprint density at radius 2 is 2.27 bits per heavy atom. The van der Waals surface area contributed by atoms with Crippen molar-refractivity contribution >= 4 is 17.3 Å². The Morgan fingerprint density at radius 3 is 2.87 bits per heavy atom. The van der Waals surface area contributed by atoms with E-state index < -0.39 is 0 Å². The summed E-state index contributed by atoms with van der Waals surface area (Å²) < 4.78 is 5.12. The van der Waals surface area contributed by atoms with Crippen LogP contribution in [0.2, 0.25) is 5.02 Å². The van der Waals surface area contributed by atoms with Crippen LogP contribution in [0.5, 0.6) is 5.75 Å². The molecular weight excluding hydrogens is 214 g/mol. The summed E-state index contributed by atoms with van der Waals surface area (Å²) in [5, 5.41) is 7.24. The van der Waals surface area contributed by atoms with Crippen LogP contribution in [-0.2, 0) is 0 Å². The van der Waals surface area contributed by atoms with Crippen LogP contribution in [0.15, 0.2) is 24.4 Å². The van der Waals surface area contributed by atoms with E-state index in [1.54, 1.807) is 19.4 Å². The number of anilines is 1. The van der Waals surface area contributed by atoms with Crippen LogP contribution in [0, 0.1) is 0 Å². The normalized spacial score (nSPS) is 10.3. The van der Waals surface area contributed by atoms with E-state index in [4.69, 9.17) is 22.1 Å². The predicted molar refractivity (Wildman–Crippen MR) is 60.0 cm³/mol. The lowest BCUT2D eigenvalue weighted by atomic mass is 10.1. The van der Waals surface area contributed by atoms with Gasteiger partial charge in [-0.05, 0) is 12.1 Å². The minimum atomic E-state index is 0.569. The highest BCUT2D eigenvalue weighted by molar-refractivity contribution is 6.32. The lowest BCUT2D eigenvalue weighted by Crippen LogP contribution is -1.89. The Bertz CT molecular complexity index is 481. The largest absolute Gasteiger partial charge is 0.495 e. The number of halogens is 1. The highest BCUT2D eigenvalue weighted by Gasteiger charge is 2.07. The average molecular weight is 224 g/mol. The summed E-state index contributed by atoms with van der Waals surface area (Å²) in [7, 11) is 1.57. The summed E-state index contributed by atoms with van der Waals surface area (Å²) in [5.74, 6) is 0.614. The average Bonchev–Trinajstić information content (AvgIpc) is 2.65. The second kappa shape index (κ2) is 3.82. The first-order chi connectivity index (χ1) is 7.22. The van der Waals surface area contributed by atoms with Crippen molar-refractivity contribution in [3.05, 3.63) is 29.4 Å².